The Morgan fingerprint density at radius 1 is 0.862 bits per heavy atom. The molecule has 4 aromatic carbocycles. The molecule has 2 aromatic heterocycles. The average Bonchev–Trinajstić information content (AvgIpc) is 3.97. The van der Waals surface area contributed by atoms with Gasteiger partial charge in [0.1, 0.15) is 18.5 Å². The number of fused-ring (bicyclic) bond motifs is 2. The van der Waals surface area contributed by atoms with E-state index < -0.39 is 23.7 Å². The number of nitrogens with zero attached hydrogens (tertiary/aromatic N) is 6. The van der Waals surface area contributed by atoms with Gasteiger partial charge in [-0.15, -0.1) is 0 Å². The van der Waals surface area contributed by atoms with E-state index in [4.69, 9.17) is 4.74 Å². The number of benzene rings is 4. The third kappa shape index (κ3) is 8.12. The zero-order valence-corrected chi connectivity index (χ0v) is 36.1. The molecule has 17 heteroatoms. The second-order valence-corrected chi connectivity index (χ2v) is 16.4. The maximum atomic E-state index is 16.9. The summed E-state index contributed by atoms with van der Waals surface area (Å²) in [5.74, 6) is 3.88. The number of piperidine rings is 2. The van der Waals surface area contributed by atoms with Gasteiger partial charge in [0.25, 0.3) is 11.8 Å². The van der Waals surface area contributed by atoms with Crippen LogP contribution in [0.4, 0.5) is 21.5 Å². The lowest BCUT2D eigenvalue weighted by Crippen LogP contribution is -2.44. The largest absolute Gasteiger partial charge is 0.371 e. The van der Waals surface area contributed by atoms with Crippen LogP contribution in [0.5, 0.6) is 0 Å². The number of aromatic nitrogens is 4. The summed E-state index contributed by atoms with van der Waals surface area (Å²) in [6.07, 6.45) is 2.98. The Bertz CT molecular complexity index is 3080. The number of carbonyl (C=O) groups is 5. The minimum absolute atomic E-state index is 0.000375. The summed E-state index contributed by atoms with van der Waals surface area (Å²) in [5.41, 5.74) is 4.70. The fraction of sp³-hybridized carbons (Fsp3) is 0.312. The van der Waals surface area contributed by atoms with Crippen LogP contribution < -0.4 is 31.4 Å². The first-order valence-electron chi connectivity index (χ1n) is 21.5. The highest BCUT2D eigenvalue weighted by Crippen LogP contribution is 2.36. The quantitative estimate of drug-likeness (QED) is 0.136. The molecule has 332 valence electrons. The van der Waals surface area contributed by atoms with Gasteiger partial charge in [-0.1, -0.05) is 24.0 Å². The van der Waals surface area contributed by atoms with Crippen LogP contribution in [-0.4, -0.2) is 87.8 Å². The Balaban J connectivity index is 0.924. The number of halogens is 1. The monoisotopic (exact) mass is 879 g/mol. The highest BCUT2D eigenvalue weighted by Gasteiger charge is 2.32. The van der Waals surface area contributed by atoms with Gasteiger partial charge in [-0.25, -0.2) is 9.18 Å². The standard InChI is InChI=1S/C48H46FN9O7/c1-50-45(61)29-7-4-9-30(25-29)51-47(63)44-42-37(55(3)53-44)16-14-35(43(42)49)34-13-11-32(57-21-5-10-41(57)60)26-28(34)8-6-24-65-33-19-22-56(23-20-33)31-12-15-36-39(27-31)54(2)48(64)58(36)38-17-18-40(59)52-46(38)62/h4,7,9,11-16,25-27,33,38H,5,10,17-24H2,1-3H3,(H,50,61)(H,51,63)(H,52,59,62). The van der Waals surface area contributed by atoms with Crippen LogP contribution >= 0.6 is 0 Å². The predicted octanol–water partition coefficient (Wildman–Crippen LogP) is 4.79. The minimum Gasteiger partial charge on any atom is -0.371 e. The third-order valence-electron chi connectivity index (χ3n) is 12.5. The molecule has 5 amide bonds. The van der Waals surface area contributed by atoms with E-state index in [2.05, 4.69) is 37.8 Å². The molecule has 0 radical (unpaired) electrons. The maximum absolute atomic E-state index is 16.9. The van der Waals surface area contributed by atoms with Crippen molar-refractivity contribution in [3.63, 3.8) is 0 Å². The van der Waals surface area contributed by atoms with Crippen LogP contribution in [0.25, 0.3) is 33.1 Å². The predicted molar refractivity (Wildman–Crippen MR) is 242 cm³/mol. The molecule has 3 N–H and O–H groups in total. The topological polar surface area (TPSA) is 182 Å². The van der Waals surface area contributed by atoms with Crippen molar-refractivity contribution in [2.24, 2.45) is 14.1 Å². The van der Waals surface area contributed by atoms with Gasteiger partial charge in [0.15, 0.2) is 5.69 Å². The lowest BCUT2D eigenvalue weighted by molar-refractivity contribution is -0.135. The second-order valence-electron chi connectivity index (χ2n) is 16.4. The zero-order valence-electron chi connectivity index (χ0n) is 36.1. The first-order chi connectivity index (χ1) is 31.4. The van der Waals surface area contributed by atoms with Crippen molar-refractivity contribution in [2.45, 2.75) is 50.7 Å². The number of imide groups is 1. The molecular weight excluding hydrogens is 834 g/mol. The number of amides is 5. The molecule has 3 aliphatic rings. The Morgan fingerprint density at radius 3 is 2.38 bits per heavy atom. The van der Waals surface area contributed by atoms with Crippen molar-refractivity contribution in [3.05, 3.63) is 106 Å². The highest BCUT2D eigenvalue weighted by molar-refractivity contribution is 6.12. The average molecular weight is 880 g/mol. The van der Waals surface area contributed by atoms with Crippen molar-refractivity contribution in [2.75, 3.05) is 48.4 Å². The summed E-state index contributed by atoms with van der Waals surface area (Å²) in [7, 11) is 4.81. The summed E-state index contributed by atoms with van der Waals surface area (Å²) in [5, 5.41) is 12.0. The molecule has 16 nitrogen and oxygen atoms in total. The molecule has 5 heterocycles. The number of ether oxygens (including phenoxy) is 1. The van der Waals surface area contributed by atoms with Crippen LogP contribution in [0.15, 0.2) is 77.6 Å². The summed E-state index contributed by atoms with van der Waals surface area (Å²) >= 11 is 0. The van der Waals surface area contributed by atoms with E-state index in [0.29, 0.717) is 70.7 Å². The van der Waals surface area contributed by atoms with Crippen LogP contribution in [0.1, 0.15) is 71.0 Å². The van der Waals surface area contributed by atoms with Gasteiger partial charge in [-0.3, -0.25) is 43.1 Å². The van der Waals surface area contributed by atoms with Crippen LogP contribution in [0.2, 0.25) is 0 Å². The Morgan fingerprint density at radius 2 is 1.63 bits per heavy atom. The molecule has 6 aromatic rings. The fourth-order valence-electron chi connectivity index (χ4n) is 9.06. The van der Waals surface area contributed by atoms with Gasteiger partial charge in [-0.05, 0) is 86.3 Å². The molecule has 0 spiro atoms. The fourth-order valence-corrected chi connectivity index (χ4v) is 9.06. The minimum atomic E-state index is -0.754. The van der Waals surface area contributed by atoms with Gasteiger partial charge in [0.2, 0.25) is 17.7 Å². The number of carbonyl (C=O) groups excluding carboxylic acids is 5. The number of hydrogen-bond acceptors (Lipinski definition) is 9. The van der Waals surface area contributed by atoms with E-state index in [1.54, 1.807) is 67.5 Å². The first-order valence-corrected chi connectivity index (χ1v) is 21.5. The van der Waals surface area contributed by atoms with Crippen molar-refractivity contribution in [1.82, 2.24) is 29.5 Å². The Labute approximate surface area is 372 Å². The number of imidazole rings is 1. The normalized spacial score (nSPS) is 16.8. The van der Waals surface area contributed by atoms with Crippen LogP contribution in [0, 0.1) is 17.7 Å². The van der Waals surface area contributed by atoms with Gasteiger partial charge < -0.3 is 25.2 Å². The zero-order chi connectivity index (χ0) is 45.5. The van der Waals surface area contributed by atoms with E-state index in [-0.39, 0.29) is 65.6 Å². The van der Waals surface area contributed by atoms with Crippen molar-refractivity contribution < 1.29 is 33.1 Å². The van der Waals surface area contributed by atoms with E-state index >= 15 is 4.39 Å². The number of anilines is 3. The van der Waals surface area contributed by atoms with Crippen molar-refractivity contribution in [3.8, 4) is 23.0 Å². The number of aryl methyl sites for hydroxylation is 2. The summed E-state index contributed by atoms with van der Waals surface area (Å²) in [6, 6.07) is 20.0. The molecule has 1 atom stereocenters. The Hall–Kier alpha value is -7.58. The maximum Gasteiger partial charge on any atom is 0.329 e. The lowest BCUT2D eigenvalue weighted by Gasteiger charge is -2.33. The van der Waals surface area contributed by atoms with E-state index in [9.17, 15) is 28.8 Å². The Kier molecular flexibility index (Phi) is 11.5. The molecule has 0 aliphatic carbocycles. The molecule has 0 saturated carbocycles. The van der Waals surface area contributed by atoms with Crippen LogP contribution in [0.3, 0.4) is 0 Å². The highest BCUT2D eigenvalue weighted by atomic mass is 19.1. The van der Waals surface area contributed by atoms with Gasteiger partial charge >= 0.3 is 5.69 Å². The molecular formula is C48H46FN9O7. The molecule has 3 aliphatic heterocycles. The molecule has 0 bridgehead atoms. The summed E-state index contributed by atoms with van der Waals surface area (Å²) in [6.45, 7) is 2.06. The van der Waals surface area contributed by atoms with E-state index in [1.165, 1.54) is 26.9 Å². The molecule has 1 unspecified atom stereocenters. The van der Waals surface area contributed by atoms with Crippen LogP contribution in [-0.2, 0) is 33.2 Å². The SMILES string of the molecule is CNC(=O)c1cccc(NC(=O)c2nn(C)c3ccc(-c4ccc(N5CCCC5=O)cc4C#CCOC4CCN(c5ccc6c(c5)n(C)c(=O)n6C5CCC(=O)NC5=O)CC4)c(F)c23)c1. The van der Waals surface area contributed by atoms with Gasteiger partial charge in [0.05, 0.1) is 28.0 Å². The molecule has 65 heavy (non-hydrogen) atoms. The lowest BCUT2D eigenvalue weighted by atomic mass is 9.96. The number of nitrogens with one attached hydrogen (secondary N) is 3. The first kappa shape index (κ1) is 42.7. The van der Waals surface area contributed by atoms with Crippen molar-refractivity contribution in [1.29, 1.82) is 0 Å². The second kappa shape index (κ2) is 17.5. The molecule has 3 fully saturated rings. The smallest absolute Gasteiger partial charge is 0.329 e. The van der Waals surface area contributed by atoms with E-state index in [1.807, 2.05) is 18.2 Å². The summed E-state index contributed by atoms with van der Waals surface area (Å²) in [4.78, 5) is 80.2. The van der Waals surface area contributed by atoms with Gasteiger partial charge in [-0.2, -0.15) is 5.10 Å². The summed E-state index contributed by atoms with van der Waals surface area (Å²) < 4.78 is 27.6. The molecule has 3 saturated heterocycles. The molecule has 9 rings (SSSR count). The van der Waals surface area contributed by atoms with Crippen molar-refractivity contribution >= 4 is 68.5 Å². The third-order valence-corrected chi connectivity index (χ3v) is 12.5. The number of rotatable bonds is 9. The van der Waals surface area contributed by atoms with Gasteiger partial charge in [0, 0.05) is 92.9 Å². The van der Waals surface area contributed by atoms with E-state index in [0.717, 1.165) is 24.9 Å². The number of hydrogen-bond donors (Lipinski definition) is 3.